The van der Waals surface area contributed by atoms with Crippen LogP contribution in [0, 0.1) is 5.82 Å². The fourth-order valence-corrected chi connectivity index (χ4v) is 3.73. The predicted octanol–water partition coefficient (Wildman–Crippen LogP) is 1.98. The Morgan fingerprint density at radius 2 is 2.21 bits per heavy atom. The molecule has 28 heavy (non-hydrogen) atoms. The highest BCUT2D eigenvalue weighted by Crippen LogP contribution is 2.31. The molecule has 7 nitrogen and oxygen atoms in total. The SMILES string of the molecule is C=CCN1C(=O)CSc2cnn(CC(=O)NCc3ccc(F)c(Cl)c3)c(=O)c21. The summed E-state index contributed by atoms with van der Waals surface area (Å²) in [4.78, 5) is 39.0. The molecule has 2 heterocycles. The van der Waals surface area contributed by atoms with Crippen LogP contribution in [0.1, 0.15) is 5.56 Å². The average Bonchev–Trinajstić information content (AvgIpc) is 2.67. The zero-order valence-electron chi connectivity index (χ0n) is 14.7. The van der Waals surface area contributed by atoms with Crippen LogP contribution in [0.2, 0.25) is 5.02 Å². The van der Waals surface area contributed by atoms with Crippen molar-refractivity contribution >= 4 is 40.9 Å². The van der Waals surface area contributed by atoms with Crippen molar-refractivity contribution in [3.63, 3.8) is 0 Å². The summed E-state index contributed by atoms with van der Waals surface area (Å²) in [7, 11) is 0. The number of halogens is 2. The molecule has 2 aromatic rings. The molecule has 0 unspecified atom stereocenters. The number of aromatic nitrogens is 2. The van der Waals surface area contributed by atoms with E-state index in [9.17, 15) is 18.8 Å². The molecule has 0 aliphatic carbocycles. The maximum absolute atomic E-state index is 13.2. The van der Waals surface area contributed by atoms with Gasteiger partial charge < -0.3 is 10.2 Å². The number of hydrogen-bond donors (Lipinski definition) is 1. The number of thioether (sulfide) groups is 1. The Hall–Kier alpha value is -2.65. The monoisotopic (exact) mass is 422 g/mol. The molecule has 2 amide bonds. The first-order valence-electron chi connectivity index (χ1n) is 8.25. The van der Waals surface area contributed by atoms with Crippen molar-refractivity contribution in [2.75, 3.05) is 17.2 Å². The maximum atomic E-state index is 13.2. The fourth-order valence-electron chi connectivity index (χ4n) is 2.64. The van der Waals surface area contributed by atoms with Gasteiger partial charge in [-0.05, 0) is 17.7 Å². The first kappa shape index (κ1) is 20.1. The minimum Gasteiger partial charge on any atom is -0.350 e. The first-order valence-corrected chi connectivity index (χ1v) is 9.62. The Labute approximate surface area is 169 Å². The summed E-state index contributed by atoms with van der Waals surface area (Å²) in [5.41, 5.74) is 0.291. The summed E-state index contributed by atoms with van der Waals surface area (Å²) in [6.45, 7) is 3.61. The number of amides is 2. The minimum atomic E-state index is -0.543. The van der Waals surface area contributed by atoms with Crippen LogP contribution >= 0.6 is 23.4 Å². The zero-order valence-corrected chi connectivity index (χ0v) is 16.2. The molecule has 0 saturated heterocycles. The molecule has 0 saturated carbocycles. The molecule has 0 bridgehead atoms. The summed E-state index contributed by atoms with van der Waals surface area (Å²) in [5, 5.41) is 6.61. The Morgan fingerprint density at radius 3 is 2.93 bits per heavy atom. The van der Waals surface area contributed by atoms with E-state index in [1.165, 1.54) is 47.1 Å². The number of anilines is 1. The van der Waals surface area contributed by atoms with Gasteiger partial charge in [0.1, 0.15) is 18.0 Å². The third-order valence-corrected chi connectivity index (χ3v) is 5.28. The van der Waals surface area contributed by atoms with Crippen molar-refractivity contribution in [2.45, 2.75) is 18.0 Å². The van der Waals surface area contributed by atoms with Crippen LogP contribution in [0.4, 0.5) is 10.1 Å². The van der Waals surface area contributed by atoms with E-state index in [1.54, 1.807) is 0 Å². The lowest BCUT2D eigenvalue weighted by molar-refractivity contribution is -0.122. The second-order valence-corrected chi connectivity index (χ2v) is 7.35. The quantitative estimate of drug-likeness (QED) is 0.719. The summed E-state index contributed by atoms with van der Waals surface area (Å²) >= 11 is 6.95. The lowest BCUT2D eigenvalue weighted by Gasteiger charge is -2.27. The molecule has 1 aromatic heterocycles. The van der Waals surface area contributed by atoms with E-state index in [0.29, 0.717) is 10.5 Å². The normalized spacial score (nSPS) is 13.2. The summed E-state index contributed by atoms with van der Waals surface area (Å²) < 4.78 is 14.2. The molecule has 10 heteroatoms. The molecule has 1 aliphatic heterocycles. The van der Waals surface area contributed by atoms with Crippen LogP contribution in [0.5, 0.6) is 0 Å². The number of hydrogen-bond acceptors (Lipinski definition) is 5. The third kappa shape index (κ3) is 4.26. The maximum Gasteiger partial charge on any atom is 0.292 e. The van der Waals surface area contributed by atoms with Gasteiger partial charge in [-0.3, -0.25) is 14.4 Å². The van der Waals surface area contributed by atoms with Gasteiger partial charge in [0.05, 0.1) is 21.9 Å². The van der Waals surface area contributed by atoms with Gasteiger partial charge in [0.25, 0.3) is 5.56 Å². The van der Waals surface area contributed by atoms with Crippen molar-refractivity contribution in [1.29, 1.82) is 0 Å². The highest BCUT2D eigenvalue weighted by atomic mass is 35.5. The van der Waals surface area contributed by atoms with Crippen molar-refractivity contribution in [3.8, 4) is 0 Å². The van der Waals surface area contributed by atoms with Crippen LogP contribution in [0.3, 0.4) is 0 Å². The van der Waals surface area contributed by atoms with Gasteiger partial charge in [-0.25, -0.2) is 9.07 Å². The number of benzene rings is 1. The smallest absolute Gasteiger partial charge is 0.292 e. The van der Waals surface area contributed by atoms with E-state index in [0.717, 1.165) is 4.68 Å². The van der Waals surface area contributed by atoms with Gasteiger partial charge in [-0.15, -0.1) is 18.3 Å². The first-order chi connectivity index (χ1) is 13.4. The second-order valence-electron chi connectivity index (χ2n) is 5.93. The summed E-state index contributed by atoms with van der Waals surface area (Å²) in [5.74, 6) is -0.991. The van der Waals surface area contributed by atoms with Gasteiger partial charge in [0.2, 0.25) is 11.8 Å². The van der Waals surface area contributed by atoms with Crippen molar-refractivity contribution in [2.24, 2.45) is 0 Å². The van der Waals surface area contributed by atoms with E-state index >= 15 is 0 Å². The van der Waals surface area contributed by atoms with E-state index in [2.05, 4.69) is 17.0 Å². The number of carbonyl (C=O) groups excluding carboxylic acids is 2. The van der Waals surface area contributed by atoms with E-state index in [-0.39, 0.29) is 42.0 Å². The molecule has 3 rings (SSSR count). The molecule has 1 aliphatic rings. The lowest BCUT2D eigenvalue weighted by atomic mass is 10.2. The second kappa shape index (κ2) is 8.57. The number of fused-ring (bicyclic) bond motifs is 1. The largest absolute Gasteiger partial charge is 0.350 e. The minimum absolute atomic E-state index is 0.0381. The third-order valence-electron chi connectivity index (χ3n) is 3.99. The van der Waals surface area contributed by atoms with E-state index in [1.807, 2.05) is 0 Å². The van der Waals surface area contributed by atoms with Gasteiger partial charge in [0, 0.05) is 13.1 Å². The van der Waals surface area contributed by atoms with Gasteiger partial charge in [-0.2, -0.15) is 5.10 Å². The highest BCUT2D eigenvalue weighted by Gasteiger charge is 2.28. The number of rotatable bonds is 6. The molecule has 0 fully saturated rings. The van der Waals surface area contributed by atoms with Crippen molar-refractivity contribution in [3.05, 3.63) is 63.8 Å². The standard InChI is InChI=1S/C18H16ClFN4O3S/c1-2-5-23-16(26)10-28-14-8-22-24(18(27)17(14)23)9-15(25)21-7-11-3-4-13(20)12(19)6-11/h2-4,6,8H,1,5,7,9-10H2,(H,21,25). The molecule has 1 aromatic carbocycles. The van der Waals surface area contributed by atoms with Crippen LogP contribution in [-0.4, -0.2) is 33.9 Å². The van der Waals surface area contributed by atoms with Gasteiger partial charge in [0.15, 0.2) is 0 Å². The molecule has 1 N–H and O–H groups in total. The molecular formula is C18H16ClFN4O3S. The average molecular weight is 423 g/mol. The van der Waals surface area contributed by atoms with Gasteiger partial charge in [-0.1, -0.05) is 23.7 Å². The summed E-state index contributed by atoms with van der Waals surface area (Å²) in [6.07, 6.45) is 3.00. The van der Waals surface area contributed by atoms with Crippen LogP contribution in [0.15, 0.2) is 46.7 Å². The number of carbonyl (C=O) groups is 2. The zero-order chi connectivity index (χ0) is 20.3. The topological polar surface area (TPSA) is 84.3 Å². The fraction of sp³-hybridized carbons (Fsp3) is 0.222. The molecule has 0 radical (unpaired) electrons. The Morgan fingerprint density at radius 1 is 1.43 bits per heavy atom. The lowest BCUT2D eigenvalue weighted by Crippen LogP contribution is -2.42. The molecular weight excluding hydrogens is 407 g/mol. The number of nitrogens with zero attached hydrogens (tertiary/aromatic N) is 3. The predicted molar refractivity (Wildman–Crippen MR) is 105 cm³/mol. The Balaban J connectivity index is 1.74. The van der Waals surface area contributed by atoms with Crippen LogP contribution < -0.4 is 15.8 Å². The van der Waals surface area contributed by atoms with Crippen LogP contribution in [0.25, 0.3) is 0 Å². The van der Waals surface area contributed by atoms with E-state index in [4.69, 9.17) is 11.6 Å². The highest BCUT2D eigenvalue weighted by molar-refractivity contribution is 8.00. The summed E-state index contributed by atoms with van der Waals surface area (Å²) in [6, 6.07) is 4.12. The van der Waals surface area contributed by atoms with E-state index < -0.39 is 17.3 Å². The number of nitrogens with one attached hydrogen (secondary N) is 1. The molecule has 0 atom stereocenters. The molecule has 0 spiro atoms. The van der Waals surface area contributed by atoms with Gasteiger partial charge >= 0.3 is 0 Å². The van der Waals surface area contributed by atoms with Crippen molar-refractivity contribution < 1.29 is 14.0 Å². The van der Waals surface area contributed by atoms with Crippen LogP contribution in [-0.2, 0) is 22.7 Å². The van der Waals surface area contributed by atoms with Crippen molar-refractivity contribution in [1.82, 2.24) is 15.1 Å². The Bertz CT molecular complexity index is 1010. The molecule has 146 valence electrons. The Kier molecular flexibility index (Phi) is 6.15.